The summed E-state index contributed by atoms with van der Waals surface area (Å²) in [5.74, 6) is -2.37. The third kappa shape index (κ3) is 3.48. The highest BCUT2D eigenvalue weighted by molar-refractivity contribution is 7.99. The van der Waals surface area contributed by atoms with E-state index >= 15 is 0 Å². The second-order valence-electron chi connectivity index (χ2n) is 7.58. The predicted octanol–water partition coefficient (Wildman–Crippen LogP) is 4.04. The Labute approximate surface area is 193 Å². The summed E-state index contributed by atoms with van der Waals surface area (Å²) in [6.07, 6.45) is 0. The zero-order valence-electron chi connectivity index (χ0n) is 17.6. The molecule has 2 heterocycles. The van der Waals surface area contributed by atoms with Crippen LogP contribution in [0.15, 0.2) is 82.6 Å². The number of hydrogen-bond donors (Lipinski definition) is 0. The van der Waals surface area contributed by atoms with Crippen LogP contribution in [-0.2, 0) is 14.3 Å². The lowest BCUT2D eigenvalue weighted by molar-refractivity contribution is -0.151. The fourth-order valence-electron chi connectivity index (χ4n) is 3.96. The summed E-state index contributed by atoms with van der Waals surface area (Å²) in [4.78, 5) is 55.4. The molecule has 2 aliphatic heterocycles. The third-order valence-electron chi connectivity index (χ3n) is 5.57. The van der Waals surface area contributed by atoms with Crippen LogP contribution in [0.4, 0.5) is 11.4 Å². The summed E-state index contributed by atoms with van der Waals surface area (Å²) in [6, 6.07) is 20.2. The van der Waals surface area contributed by atoms with Crippen molar-refractivity contribution in [2.75, 3.05) is 11.5 Å². The molecule has 0 saturated carbocycles. The Balaban J connectivity index is 1.33. The Morgan fingerprint density at radius 3 is 1.85 bits per heavy atom. The molecule has 0 N–H and O–H groups in total. The van der Waals surface area contributed by atoms with Gasteiger partial charge in [0.05, 0.1) is 22.5 Å². The minimum atomic E-state index is -1.17. The summed E-state index contributed by atoms with van der Waals surface area (Å²) < 4.78 is 5.27. The SMILES string of the molecule is CC(C(=O)OCC(=O)N1c2ccccc2Sc2ccccc21)N1C(=O)c2ccccc2C1=O. The molecule has 0 fully saturated rings. The number of ether oxygens (including phenoxy) is 1. The first-order valence-corrected chi connectivity index (χ1v) is 11.1. The Bertz CT molecular complexity index is 1240. The summed E-state index contributed by atoms with van der Waals surface area (Å²) in [6.45, 7) is 0.885. The number of rotatable bonds is 4. The van der Waals surface area contributed by atoms with E-state index in [0.29, 0.717) is 11.4 Å². The second-order valence-corrected chi connectivity index (χ2v) is 8.66. The van der Waals surface area contributed by atoms with Crippen LogP contribution in [-0.4, -0.2) is 41.2 Å². The standard InChI is InChI=1S/C25H18N2O5S/c1-15(26-23(29)16-8-2-3-9-17(16)24(26)30)25(31)32-14-22(28)27-18-10-4-6-12-20(18)33-21-13-7-5-11-19(21)27/h2-13,15H,14H2,1H3. The molecule has 1 unspecified atom stereocenters. The van der Waals surface area contributed by atoms with Crippen LogP contribution in [0.3, 0.4) is 0 Å². The Hall–Kier alpha value is -3.91. The summed E-state index contributed by atoms with van der Waals surface area (Å²) in [5.41, 5.74) is 1.90. The smallest absolute Gasteiger partial charge is 0.329 e. The number of imide groups is 1. The third-order valence-corrected chi connectivity index (χ3v) is 6.70. The number of hydrogen-bond acceptors (Lipinski definition) is 6. The lowest BCUT2D eigenvalue weighted by Crippen LogP contribution is -2.44. The largest absolute Gasteiger partial charge is 0.454 e. The number of anilines is 2. The number of carbonyl (C=O) groups excluding carboxylic acids is 4. The number of esters is 1. The Morgan fingerprint density at radius 1 is 0.818 bits per heavy atom. The van der Waals surface area contributed by atoms with Crippen LogP contribution in [0.25, 0.3) is 0 Å². The lowest BCUT2D eigenvalue weighted by Gasteiger charge is -2.31. The van der Waals surface area contributed by atoms with Gasteiger partial charge in [-0.05, 0) is 43.3 Å². The number of para-hydroxylation sites is 2. The molecule has 3 aromatic carbocycles. The van der Waals surface area contributed by atoms with E-state index in [4.69, 9.17) is 4.74 Å². The molecule has 0 bridgehead atoms. The zero-order chi connectivity index (χ0) is 23.1. The van der Waals surface area contributed by atoms with E-state index in [1.807, 2.05) is 48.5 Å². The summed E-state index contributed by atoms with van der Waals surface area (Å²) >= 11 is 1.56. The van der Waals surface area contributed by atoms with Crippen molar-refractivity contribution in [2.24, 2.45) is 0 Å². The second kappa shape index (κ2) is 8.22. The number of benzene rings is 3. The van der Waals surface area contributed by atoms with Gasteiger partial charge in [0.25, 0.3) is 17.7 Å². The van der Waals surface area contributed by atoms with Crippen LogP contribution in [0.1, 0.15) is 27.6 Å². The zero-order valence-corrected chi connectivity index (χ0v) is 18.4. The fourth-order valence-corrected chi connectivity index (χ4v) is 5.01. The molecule has 8 heteroatoms. The molecule has 0 radical (unpaired) electrons. The molecular weight excluding hydrogens is 440 g/mol. The first-order chi connectivity index (χ1) is 16.0. The fraction of sp³-hybridized carbons (Fsp3) is 0.120. The number of carbonyl (C=O) groups is 4. The lowest BCUT2D eigenvalue weighted by atomic mass is 10.1. The van der Waals surface area contributed by atoms with Gasteiger partial charge in [0.2, 0.25) is 0 Å². The van der Waals surface area contributed by atoms with Gasteiger partial charge in [-0.15, -0.1) is 0 Å². The summed E-state index contributed by atoms with van der Waals surface area (Å²) in [7, 11) is 0. The van der Waals surface area contributed by atoms with Crippen molar-refractivity contribution in [2.45, 2.75) is 22.8 Å². The van der Waals surface area contributed by atoms with Crippen LogP contribution in [0.5, 0.6) is 0 Å². The molecule has 164 valence electrons. The normalized spacial score (nSPS) is 14.9. The van der Waals surface area contributed by atoms with E-state index < -0.39 is 36.3 Å². The van der Waals surface area contributed by atoms with Gasteiger partial charge < -0.3 is 4.74 Å². The van der Waals surface area contributed by atoms with Crippen molar-refractivity contribution in [1.82, 2.24) is 4.90 Å². The minimum Gasteiger partial charge on any atom is -0.454 e. The van der Waals surface area contributed by atoms with Gasteiger partial charge in [-0.2, -0.15) is 0 Å². The topological polar surface area (TPSA) is 84.0 Å². The molecule has 3 amide bonds. The number of nitrogens with zero attached hydrogens (tertiary/aromatic N) is 2. The van der Waals surface area contributed by atoms with E-state index in [2.05, 4.69) is 0 Å². The van der Waals surface area contributed by atoms with Crippen LogP contribution in [0.2, 0.25) is 0 Å². The highest BCUT2D eigenvalue weighted by atomic mass is 32.2. The van der Waals surface area contributed by atoms with Gasteiger partial charge in [0.15, 0.2) is 6.61 Å². The Morgan fingerprint density at radius 2 is 1.30 bits per heavy atom. The van der Waals surface area contributed by atoms with E-state index in [1.54, 1.807) is 36.0 Å². The van der Waals surface area contributed by atoms with E-state index in [0.717, 1.165) is 14.7 Å². The Kier molecular flexibility index (Phi) is 5.22. The first kappa shape index (κ1) is 21.0. The van der Waals surface area contributed by atoms with Crippen LogP contribution < -0.4 is 4.90 Å². The molecule has 0 aromatic heterocycles. The average Bonchev–Trinajstić information content (AvgIpc) is 3.10. The maximum Gasteiger partial charge on any atom is 0.329 e. The van der Waals surface area contributed by atoms with Gasteiger partial charge in [0.1, 0.15) is 6.04 Å². The van der Waals surface area contributed by atoms with Gasteiger partial charge in [-0.3, -0.25) is 24.2 Å². The quantitative estimate of drug-likeness (QED) is 0.433. The van der Waals surface area contributed by atoms with Crippen molar-refractivity contribution < 1.29 is 23.9 Å². The van der Waals surface area contributed by atoms with Crippen LogP contribution in [0, 0.1) is 0 Å². The monoisotopic (exact) mass is 458 g/mol. The molecule has 33 heavy (non-hydrogen) atoms. The highest BCUT2D eigenvalue weighted by Crippen LogP contribution is 2.47. The average molecular weight is 458 g/mol. The van der Waals surface area contributed by atoms with Crippen LogP contribution >= 0.6 is 11.8 Å². The van der Waals surface area contributed by atoms with Gasteiger partial charge in [0, 0.05) is 9.79 Å². The van der Waals surface area contributed by atoms with E-state index in [1.165, 1.54) is 11.8 Å². The summed E-state index contributed by atoms with van der Waals surface area (Å²) in [5, 5.41) is 0. The maximum atomic E-state index is 13.2. The number of amides is 3. The molecule has 1 atom stereocenters. The van der Waals surface area contributed by atoms with Crippen molar-refractivity contribution in [3.63, 3.8) is 0 Å². The molecule has 0 saturated heterocycles. The molecule has 0 spiro atoms. The van der Waals surface area contributed by atoms with Crippen molar-refractivity contribution in [1.29, 1.82) is 0 Å². The van der Waals surface area contributed by atoms with E-state index in [-0.39, 0.29) is 11.1 Å². The van der Waals surface area contributed by atoms with Crippen molar-refractivity contribution in [3.05, 3.63) is 83.9 Å². The maximum absolute atomic E-state index is 13.2. The van der Waals surface area contributed by atoms with Gasteiger partial charge >= 0.3 is 5.97 Å². The predicted molar refractivity (Wildman–Crippen MR) is 122 cm³/mol. The number of fused-ring (bicyclic) bond motifs is 3. The molecule has 7 nitrogen and oxygen atoms in total. The highest BCUT2D eigenvalue weighted by Gasteiger charge is 2.41. The molecule has 2 aliphatic rings. The molecule has 0 aliphatic carbocycles. The first-order valence-electron chi connectivity index (χ1n) is 10.3. The van der Waals surface area contributed by atoms with Crippen molar-refractivity contribution in [3.8, 4) is 0 Å². The van der Waals surface area contributed by atoms with Crippen molar-refractivity contribution >= 4 is 46.8 Å². The van der Waals surface area contributed by atoms with Gasteiger partial charge in [-0.25, -0.2) is 4.79 Å². The molecule has 3 aromatic rings. The minimum absolute atomic E-state index is 0.247. The van der Waals surface area contributed by atoms with E-state index in [9.17, 15) is 19.2 Å². The molecular formula is C25H18N2O5S. The molecule has 5 rings (SSSR count). The van der Waals surface area contributed by atoms with Gasteiger partial charge in [-0.1, -0.05) is 48.2 Å².